The van der Waals surface area contributed by atoms with Crippen LogP contribution in [-0.4, -0.2) is 74.8 Å². The van der Waals surface area contributed by atoms with Gasteiger partial charge in [-0.05, 0) is 0 Å². The molecule has 6 atom stereocenters. The molecular weight excluding hydrogens is 246 g/mol. The van der Waals surface area contributed by atoms with Crippen molar-refractivity contribution in [3.05, 3.63) is 12.7 Å². The van der Waals surface area contributed by atoms with Gasteiger partial charge in [0.05, 0.1) is 0 Å². The fourth-order valence-corrected chi connectivity index (χ4v) is 1.66. The zero-order valence-corrected chi connectivity index (χ0v) is 9.51. The van der Waals surface area contributed by atoms with Gasteiger partial charge in [-0.25, -0.2) is 4.79 Å². The molecule has 1 fully saturated rings. The summed E-state index contributed by atoms with van der Waals surface area (Å²) in [4.78, 5) is 11.2. The lowest BCUT2D eigenvalue weighted by Gasteiger charge is -2.40. The van der Waals surface area contributed by atoms with E-state index in [9.17, 15) is 30.3 Å². The quantitative estimate of drug-likeness (QED) is 0.300. The van der Waals surface area contributed by atoms with Crippen LogP contribution in [0.25, 0.3) is 0 Å². The highest BCUT2D eigenvalue weighted by Crippen LogP contribution is 2.23. The number of aliphatic hydroxyl groups is 5. The van der Waals surface area contributed by atoms with E-state index < -0.39 is 42.7 Å². The molecule has 0 saturated heterocycles. The molecule has 0 radical (unpaired) electrons. The number of ether oxygens (including phenoxy) is 1. The van der Waals surface area contributed by atoms with Gasteiger partial charge in [-0.3, -0.25) is 0 Å². The van der Waals surface area contributed by atoms with Crippen molar-refractivity contribution in [1.82, 2.24) is 5.32 Å². The molecule has 104 valence electrons. The van der Waals surface area contributed by atoms with Crippen molar-refractivity contribution in [2.75, 3.05) is 6.54 Å². The topological polar surface area (TPSA) is 139 Å². The minimum absolute atomic E-state index is 0.117. The van der Waals surface area contributed by atoms with Crippen LogP contribution in [0.4, 0.5) is 4.79 Å². The number of aliphatic hydroxyl groups excluding tert-OH is 5. The van der Waals surface area contributed by atoms with Crippen molar-refractivity contribution in [1.29, 1.82) is 0 Å². The van der Waals surface area contributed by atoms with E-state index in [2.05, 4.69) is 16.6 Å². The first-order chi connectivity index (χ1) is 8.40. The summed E-state index contributed by atoms with van der Waals surface area (Å²) >= 11 is 0. The van der Waals surface area contributed by atoms with Crippen LogP contribution in [0.15, 0.2) is 12.7 Å². The van der Waals surface area contributed by atoms with E-state index in [-0.39, 0.29) is 6.54 Å². The number of alkyl carbamates (subject to hydrolysis) is 1. The van der Waals surface area contributed by atoms with Gasteiger partial charge in [-0.1, -0.05) is 6.08 Å². The zero-order valence-electron chi connectivity index (χ0n) is 9.51. The van der Waals surface area contributed by atoms with E-state index in [1.54, 1.807) is 0 Å². The Labute approximate surface area is 103 Å². The highest BCUT2D eigenvalue weighted by molar-refractivity contribution is 5.67. The number of carbonyl (C=O) groups excluding carboxylic acids is 1. The van der Waals surface area contributed by atoms with Gasteiger partial charge in [-0.15, -0.1) is 6.58 Å². The van der Waals surface area contributed by atoms with Gasteiger partial charge in [0.25, 0.3) is 0 Å². The summed E-state index contributed by atoms with van der Waals surface area (Å²) in [7, 11) is 0. The van der Waals surface area contributed by atoms with Gasteiger partial charge >= 0.3 is 6.09 Å². The number of amides is 1. The Balaban J connectivity index is 2.68. The van der Waals surface area contributed by atoms with Gasteiger partial charge in [-0.2, -0.15) is 0 Å². The maximum Gasteiger partial charge on any atom is 0.407 e. The van der Waals surface area contributed by atoms with Gasteiger partial charge in [0.15, 0.2) is 6.10 Å². The molecule has 18 heavy (non-hydrogen) atoms. The first-order valence-corrected chi connectivity index (χ1v) is 5.35. The van der Waals surface area contributed by atoms with Crippen LogP contribution in [0, 0.1) is 0 Å². The molecule has 0 aromatic rings. The Kier molecular flexibility index (Phi) is 5.05. The van der Waals surface area contributed by atoms with Crippen molar-refractivity contribution in [2.45, 2.75) is 36.6 Å². The molecule has 1 saturated carbocycles. The molecule has 0 heterocycles. The lowest BCUT2D eigenvalue weighted by atomic mass is 9.85. The normalized spacial score (nSPS) is 40.1. The van der Waals surface area contributed by atoms with Crippen LogP contribution >= 0.6 is 0 Å². The van der Waals surface area contributed by atoms with E-state index in [0.717, 1.165) is 0 Å². The molecule has 0 spiro atoms. The Bertz CT molecular complexity index is 295. The molecule has 8 nitrogen and oxygen atoms in total. The Morgan fingerprint density at radius 2 is 1.50 bits per heavy atom. The summed E-state index contributed by atoms with van der Waals surface area (Å²) in [6.07, 6.45) is -9.66. The fraction of sp³-hybridized carbons (Fsp3) is 0.700. The minimum atomic E-state index is -1.72. The van der Waals surface area contributed by atoms with Crippen molar-refractivity contribution >= 4 is 6.09 Å². The van der Waals surface area contributed by atoms with E-state index in [0.29, 0.717) is 0 Å². The number of rotatable bonds is 3. The largest absolute Gasteiger partial charge is 0.440 e. The molecule has 0 aromatic carbocycles. The third-order valence-corrected chi connectivity index (χ3v) is 2.71. The summed E-state index contributed by atoms with van der Waals surface area (Å²) in [5.41, 5.74) is 0. The molecule has 2 unspecified atom stereocenters. The fourth-order valence-electron chi connectivity index (χ4n) is 1.66. The predicted octanol–water partition coefficient (Wildman–Crippen LogP) is -2.91. The van der Waals surface area contributed by atoms with Crippen molar-refractivity contribution < 1.29 is 35.1 Å². The van der Waals surface area contributed by atoms with Crippen LogP contribution in [0.2, 0.25) is 0 Å². The summed E-state index contributed by atoms with van der Waals surface area (Å²) in [5, 5.41) is 49.4. The monoisotopic (exact) mass is 263 g/mol. The maximum absolute atomic E-state index is 11.2. The van der Waals surface area contributed by atoms with Crippen LogP contribution in [0.1, 0.15) is 0 Å². The Morgan fingerprint density at radius 3 is 1.94 bits per heavy atom. The molecule has 6 N–H and O–H groups in total. The Hall–Kier alpha value is -1.19. The molecule has 1 aliphatic carbocycles. The second-order valence-corrected chi connectivity index (χ2v) is 3.99. The summed E-state index contributed by atoms with van der Waals surface area (Å²) in [6.45, 7) is 3.48. The van der Waals surface area contributed by atoms with Crippen LogP contribution < -0.4 is 5.32 Å². The lowest BCUT2D eigenvalue weighted by Crippen LogP contribution is -2.64. The van der Waals surface area contributed by atoms with E-state index in [1.807, 2.05) is 0 Å². The van der Waals surface area contributed by atoms with Crippen molar-refractivity contribution in [3.63, 3.8) is 0 Å². The van der Waals surface area contributed by atoms with Crippen molar-refractivity contribution in [2.24, 2.45) is 0 Å². The smallest absolute Gasteiger partial charge is 0.407 e. The number of hydrogen-bond acceptors (Lipinski definition) is 7. The molecule has 1 amide bonds. The number of nitrogens with one attached hydrogen (secondary N) is 1. The zero-order chi connectivity index (χ0) is 13.9. The molecule has 1 rings (SSSR count). The highest BCUT2D eigenvalue weighted by atomic mass is 16.6. The second kappa shape index (κ2) is 6.12. The third kappa shape index (κ3) is 2.98. The number of carbonyl (C=O) groups is 1. The van der Waals surface area contributed by atoms with E-state index >= 15 is 0 Å². The van der Waals surface area contributed by atoms with E-state index in [4.69, 9.17) is 0 Å². The minimum Gasteiger partial charge on any atom is -0.440 e. The molecule has 0 aliphatic heterocycles. The average molecular weight is 263 g/mol. The summed E-state index contributed by atoms with van der Waals surface area (Å²) in [6, 6.07) is 0. The van der Waals surface area contributed by atoms with Crippen molar-refractivity contribution in [3.8, 4) is 0 Å². The van der Waals surface area contributed by atoms with Gasteiger partial charge in [0.1, 0.15) is 30.5 Å². The highest BCUT2D eigenvalue weighted by Gasteiger charge is 2.50. The first kappa shape index (κ1) is 14.9. The molecule has 8 heteroatoms. The van der Waals surface area contributed by atoms with Gasteiger partial charge in [0.2, 0.25) is 0 Å². The summed E-state index contributed by atoms with van der Waals surface area (Å²) < 4.78 is 4.68. The predicted molar refractivity (Wildman–Crippen MR) is 58.5 cm³/mol. The van der Waals surface area contributed by atoms with Crippen LogP contribution in [0.3, 0.4) is 0 Å². The maximum atomic E-state index is 11.2. The molecule has 0 aromatic heterocycles. The first-order valence-electron chi connectivity index (χ1n) is 5.35. The molecular formula is C10H17NO7. The third-order valence-electron chi connectivity index (χ3n) is 2.71. The standard InChI is InChI=1S/C10H17NO7/c1-2-3-11-10(17)18-9-7(15)5(13)4(12)6(14)8(9)16/h2,4-9,12-16H,1,3H2,(H,11,17)/t4?,5-,6+,7-,8-,9?/m0/s1. The van der Waals surface area contributed by atoms with Gasteiger partial charge < -0.3 is 35.6 Å². The lowest BCUT2D eigenvalue weighted by molar-refractivity contribution is -0.222. The summed E-state index contributed by atoms with van der Waals surface area (Å²) in [5.74, 6) is 0. The van der Waals surface area contributed by atoms with Crippen LogP contribution in [0.5, 0.6) is 0 Å². The molecule has 1 aliphatic rings. The number of hydrogen-bond donors (Lipinski definition) is 6. The average Bonchev–Trinajstić information content (AvgIpc) is 2.36. The van der Waals surface area contributed by atoms with E-state index in [1.165, 1.54) is 6.08 Å². The molecule has 0 bridgehead atoms. The second-order valence-electron chi connectivity index (χ2n) is 3.99. The van der Waals surface area contributed by atoms with Crippen LogP contribution in [-0.2, 0) is 4.74 Å². The Morgan fingerprint density at radius 1 is 1.06 bits per heavy atom. The SMILES string of the molecule is C=CCNC(=O)OC1[C@@H](O)[C@H](O)C(O)[C@H](O)[C@@H]1O. The van der Waals surface area contributed by atoms with Gasteiger partial charge in [0, 0.05) is 6.54 Å².